The first kappa shape index (κ1) is 12.0. The lowest BCUT2D eigenvalue weighted by Gasteiger charge is -2.14. The highest BCUT2D eigenvalue weighted by molar-refractivity contribution is 5.26. The van der Waals surface area contributed by atoms with Gasteiger partial charge in [-0.1, -0.05) is 13.8 Å². The molecule has 2 aromatic rings. The Kier molecular flexibility index (Phi) is 3.69. The van der Waals surface area contributed by atoms with Crippen LogP contribution in [0.25, 0.3) is 0 Å². The van der Waals surface area contributed by atoms with Gasteiger partial charge in [0.05, 0.1) is 6.26 Å². The molecule has 0 fully saturated rings. The number of nitrogens with one attached hydrogen (secondary N) is 1. The van der Waals surface area contributed by atoms with Crippen molar-refractivity contribution in [2.75, 3.05) is 6.54 Å². The Morgan fingerprint density at radius 2 is 2.06 bits per heavy atom. The second-order valence-electron chi connectivity index (χ2n) is 4.12. The summed E-state index contributed by atoms with van der Waals surface area (Å²) in [6, 6.07) is 6.03. The maximum atomic E-state index is 5.80. The number of furan rings is 2. The Hall–Kier alpha value is -1.48. The van der Waals surface area contributed by atoms with Gasteiger partial charge in [-0.15, -0.1) is 0 Å². The van der Waals surface area contributed by atoms with Crippen molar-refractivity contribution in [1.29, 1.82) is 0 Å². The molecule has 0 aliphatic heterocycles. The molecule has 2 aromatic heterocycles. The number of hydrogen-bond donors (Lipinski definition) is 1. The van der Waals surface area contributed by atoms with Gasteiger partial charge in [0.2, 0.25) is 0 Å². The molecule has 0 aliphatic carbocycles. The number of rotatable bonds is 5. The van der Waals surface area contributed by atoms with Gasteiger partial charge in [0, 0.05) is 6.42 Å². The van der Waals surface area contributed by atoms with Gasteiger partial charge in [0.1, 0.15) is 23.3 Å². The van der Waals surface area contributed by atoms with E-state index in [-0.39, 0.29) is 6.04 Å². The van der Waals surface area contributed by atoms with Crippen LogP contribution < -0.4 is 5.32 Å². The van der Waals surface area contributed by atoms with Crippen LogP contribution in [0.2, 0.25) is 0 Å². The average Bonchev–Trinajstić information content (AvgIpc) is 2.95. The third-order valence-corrected chi connectivity index (χ3v) is 2.89. The zero-order chi connectivity index (χ0) is 12.3. The molecule has 0 aromatic carbocycles. The smallest absolute Gasteiger partial charge is 0.131 e. The Morgan fingerprint density at radius 3 is 2.59 bits per heavy atom. The van der Waals surface area contributed by atoms with Crippen LogP contribution in [0.15, 0.2) is 33.3 Å². The van der Waals surface area contributed by atoms with E-state index in [2.05, 4.69) is 19.2 Å². The van der Waals surface area contributed by atoms with Crippen molar-refractivity contribution in [1.82, 2.24) is 5.32 Å². The van der Waals surface area contributed by atoms with Gasteiger partial charge in [-0.3, -0.25) is 0 Å². The van der Waals surface area contributed by atoms with Crippen molar-refractivity contribution in [3.8, 4) is 0 Å². The average molecular weight is 233 g/mol. The maximum absolute atomic E-state index is 5.80. The van der Waals surface area contributed by atoms with Crippen LogP contribution in [-0.2, 0) is 6.42 Å². The van der Waals surface area contributed by atoms with E-state index in [1.54, 1.807) is 6.26 Å². The van der Waals surface area contributed by atoms with Crippen LogP contribution in [0.5, 0.6) is 0 Å². The largest absolute Gasteiger partial charge is 0.467 e. The molecule has 1 atom stereocenters. The van der Waals surface area contributed by atoms with Crippen molar-refractivity contribution >= 4 is 0 Å². The van der Waals surface area contributed by atoms with Gasteiger partial charge in [-0.2, -0.15) is 0 Å². The minimum atomic E-state index is 0.00954. The number of aryl methyl sites for hydroxylation is 2. The van der Waals surface area contributed by atoms with Crippen LogP contribution in [0.4, 0.5) is 0 Å². The predicted octanol–water partition coefficient (Wildman–Crippen LogP) is 3.44. The summed E-state index contributed by atoms with van der Waals surface area (Å²) < 4.78 is 11.4. The molecule has 0 bridgehead atoms. The standard InChI is InChI=1S/C14H19NO2/c1-4-11-6-7-12(17-11)13(15-5-2)14-10(3)8-9-16-14/h6-9,13,15H,4-5H2,1-3H3. The quantitative estimate of drug-likeness (QED) is 0.859. The van der Waals surface area contributed by atoms with Gasteiger partial charge in [-0.25, -0.2) is 0 Å². The van der Waals surface area contributed by atoms with E-state index in [4.69, 9.17) is 8.83 Å². The highest BCUT2D eigenvalue weighted by Crippen LogP contribution is 2.27. The summed E-state index contributed by atoms with van der Waals surface area (Å²) in [7, 11) is 0. The first-order valence-corrected chi connectivity index (χ1v) is 6.12. The molecule has 0 saturated heterocycles. The molecular weight excluding hydrogens is 214 g/mol. The predicted molar refractivity (Wildman–Crippen MR) is 67.1 cm³/mol. The van der Waals surface area contributed by atoms with Crippen LogP contribution in [0, 0.1) is 6.92 Å². The molecule has 92 valence electrons. The van der Waals surface area contributed by atoms with E-state index in [1.165, 1.54) is 0 Å². The zero-order valence-electron chi connectivity index (χ0n) is 10.6. The summed E-state index contributed by atoms with van der Waals surface area (Å²) in [5.74, 6) is 2.86. The van der Waals surface area contributed by atoms with E-state index in [9.17, 15) is 0 Å². The Morgan fingerprint density at radius 1 is 1.24 bits per heavy atom. The molecular formula is C14H19NO2. The summed E-state index contributed by atoms with van der Waals surface area (Å²) in [5, 5.41) is 3.39. The molecule has 1 unspecified atom stereocenters. The van der Waals surface area contributed by atoms with E-state index in [0.29, 0.717) is 0 Å². The maximum Gasteiger partial charge on any atom is 0.131 e. The molecule has 0 aliphatic rings. The molecule has 2 heterocycles. The van der Waals surface area contributed by atoms with E-state index >= 15 is 0 Å². The normalized spacial score (nSPS) is 12.9. The Labute approximate surface area is 102 Å². The lowest BCUT2D eigenvalue weighted by molar-refractivity contribution is 0.379. The van der Waals surface area contributed by atoms with Crippen LogP contribution in [-0.4, -0.2) is 6.54 Å². The fourth-order valence-electron chi connectivity index (χ4n) is 1.95. The second kappa shape index (κ2) is 5.23. The monoisotopic (exact) mass is 233 g/mol. The fraction of sp³-hybridized carbons (Fsp3) is 0.429. The van der Waals surface area contributed by atoms with Gasteiger partial charge in [-0.05, 0) is 37.2 Å². The van der Waals surface area contributed by atoms with Crippen LogP contribution in [0.3, 0.4) is 0 Å². The molecule has 3 nitrogen and oxygen atoms in total. The summed E-state index contributed by atoms with van der Waals surface area (Å²) in [5.41, 5.74) is 1.14. The minimum Gasteiger partial charge on any atom is -0.467 e. The topological polar surface area (TPSA) is 38.3 Å². The fourth-order valence-corrected chi connectivity index (χ4v) is 1.95. The molecule has 3 heteroatoms. The van der Waals surface area contributed by atoms with E-state index < -0.39 is 0 Å². The van der Waals surface area contributed by atoms with E-state index in [1.807, 2.05) is 25.1 Å². The lowest BCUT2D eigenvalue weighted by atomic mass is 10.1. The van der Waals surface area contributed by atoms with Crippen molar-refractivity contribution in [2.24, 2.45) is 0 Å². The van der Waals surface area contributed by atoms with E-state index in [0.717, 1.165) is 35.8 Å². The van der Waals surface area contributed by atoms with Gasteiger partial charge in [0.15, 0.2) is 0 Å². The van der Waals surface area contributed by atoms with Crippen LogP contribution in [0.1, 0.15) is 42.7 Å². The minimum absolute atomic E-state index is 0.00954. The second-order valence-corrected chi connectivity index (χ2v) is 4.12. The lowest BCUT2D eigenvalue weighted by Crippen LogP contribution is -2.21. The van der Waals surface area contributed by atoms with Crippen molar-refractivity contribution in [3.63, 3.8) is 0 Å². The molecule has 1 N–H and O–H groups in total. The first-order chi connectivity index (χ1) is 8.26. The van der Waals surface area contributed by atoms with Crippen molar-refractivity contribution in [3.05, 3.63) is 47.3 Å². The highest BCUT2D eigenvalue weighted by atomic mass is 16.4. The highest BCUT2D eigenvalue weighted by Gasteiger charge is 2.21. The summed E-state index contributed by atoms with van der Waals surface area (Å²) in [6.07, 6.45) is 2.63. The number of hydrogen-bond acceptors (Lipinski definition) is 3. The summed E-state index contributed by atoms with van der Waals surface area (Å²) in [4.78, 5) is 0. The first-order valence-electron chi connectivity index (χ1n) is 6.12. The molecule has 0 spiro atoms. The zero-order valence-corrected chi connectivity index (χ0v) is 10.6. The summed E-state index contributed by atoms with van der Waals surface area (Å²) >= 11 is 0. The Balaban J connectivity index is 2.32. The molecule has 2 rings (SSSR count). The van der Waals surface area contributed by atoms with Gasteiger partial charge < -0.3 is 14.2 Å². The Bertz CT molecular complexity index is 470. The summed E-state index contributed by atoms with van der Waals surface area (Å²) in [6.45, 7) is 7.08. The molecule has 17 heavy (non-hydrogen) atoms. The van der Waals surface area contributed by atoms with Crippen molar-refractivity contribution in [2.45, 2.75) is 33.2 Å². The third-order valence-electron chi connectivity index (χ3n) is 2.89. The van der Waals surface area contributed by atoms with Crippen LogP contribution >= 0.6 is 0 Å². The van der Waals surface area contributed by atoms with Crippen molar-refractivity contribution < 1.29 is 8.83 Å². The van der Waals surface area contributed by atoms with Gasteiger partial charge >= 0.3 is 0 Å². The molecule has 0 radical (unpaired) electrons. The SMILES string of the molecule is CCNC(c1ccc(CC)o1)c1occc1C. The van der Waals surface area contributed by atoms with Gasteiger partial charge in [0.25, 0.3) is 0 Å². The molecule has 0 saturated carbocycles. The third kappa shape index (κ3) is 2.44. The molecule has 0 amide bonds.